The number of hydrogen-bond acceptors (Lipinski definition) is 4. The van der Waals surface area contributed by atoms with Crippen LogP contribution in [0.25, 0.3) is 10.9 Å². The molecular weight excluding hydrogens is 268 g/mol. The monoisotopic (exact) mass is 288 g/mol. The van der Waals surface area contributed by atoms with Gasteiger partial charge in [0.15, 0.2) is 0 Å². The quantitative estimate of drug-likeness (QED) is 0.730. The van der Waals surface area contributed by atoms with Gasteiger partial charge in [-0.25, -0.2) is 0 Å². The number of hydrogen-bond donors (Lipinski definition) is 3. The third-order valence-electron chi connectivity index (χ3n) is 3.78. The molecule has 1 aromatic carbocycles. The van der Waals surface area contributed by atoms with E-state index in [1.807, 2.05) is 12.1 Å². The molecule has 1 aromatic heterocycles. The summed E-state index contributed by atoms with van der Waals surface area (Å²) in [5, 5.41) is 3.82. The van der Waals surface area contributed by atoms with E-state index < -0.39 is 0 Å². The molecule has 112 valence electrons. The molecule has 1 atom stereocenters. The van der Waals surface area contributed by atoms with E-state index >= 15 is 0 Å². The molecule has 1 amide bonds. The van der Waals surface area contributed by atoms with Crippen LogP contribution >= 0.6 is 0 Å². The van der Waals surface area contributed by atoms with Crippen LogP contribution in [0, 0.1) is 0 Å². The zero-order valence-electron chi connectivity index (χ0n) is 12.1. The summed E-state index contributed by atoms with van der Waals surface area (Å²) in [6, 6.07) is 5.48. The average Bonchev–Trinajstić information content (AvgIpc) is 2.88. The number of H-pyrrole nitrogens is 1. The molecule has 0 saturated carbocycles. The number of anilines is 1. The molecule has 6 nitrogen and oxygen atoms in total. The Morgan fingerprint density at radius 3 is 3.24 bits per heavy atom. The molecule has 0 bridgehead atoms. The van der Waals surface area contributed by atoms with Gasteiger partial charge in [-0.2, -0.15) is 0 Å². The number of aromatic nitrogens is 1. The van der Waals surface area contributed by atoms with Gasteiger partial charge < -0.3 is 25.7 Å². The number of benzene rings is 1. The number of nitrogen functional groups attached to an aromatic ring is 1. The minimum atomic E-state index is -0.0946. The first-order chi connectivity index (χ1) is 10.1. The largest absolute Gasteiger partial charge is 0.399 e. The Labute approximate surface area is 123 Å². The van der Waals surface area contributed by atoms with Crippen molar-refractivity contribution in [1.29, 1.82) is 0 Å². The van der Waals surface area contributed by atoms with Gasteiger partial charge in [0.05, 0.1) is 18.3 Å². The highest BCUT2D eigenvalue weighted by Gasteiger charge is 2.19. The number of nitrogens with zero attached hydrogens (tertiary/aromatic N) is 1. The molecule has 3 rings (SSSR count). The van der Waals surface area contributed by atoms with Crippen molar-refractivity contribution in [3.8, 4) is 0 Å². The van der Waals surface area contributed by atoms with Gasteiger partial charge in [-0.3, -0.25) is 4.79 Å². The summed E-state index contributed by atoms with van der Waals surface area (Å²) in [7, 11) is 2.06. The molecule has 0 spiro atoms. The molecule has 21 heavy (non-hydrogen) atoms. The minimum absolute atomic E-state index is 0.0496. The van der Waals surface area contributed by atoms with E-state index in [0.29, 0.717) is 24.4 Å². The third-order valence-corrected chi connectivity index (χ3v) is 3.78. The van der Waals surface area contributed by atoms with Crippen LogP contribution in [0.2, 0.25) is 0 Å². The number of carbonyl (C=O) groups excluding carboxylic acids is 1. The summed E-state index contributed by atoms with van der Waals surface area (Å²) in [6.07, 6.45) is 1.77. The lowest BCUT2D eigenvalue weighted by Gasteiger charge is -2.30. The Bertz CT molecular complexity index is 652. The van der Waals surface area contributed by atoms with Gasteiger partial charge in [0.2, 0.25) is 0 Å². The molecule has 0 radical (unpaired) electrons. The van der Waals surface area contributed by atoms with Gasteiger partial charge in [0.25, 0.3) is 5.91 Å². The van der Waals surface area contributed by atoms with E-state index in [2.05, 4.69) is 22.2 Å². The minimum Gasteiger partial charge on any atom is -0.399 e. The summed E-state index contributed by atoms with van der Waals surface area (Å²) in [5.74, 6) is -0.0946. The fourth-order valence-corrected chi connectivity index (χ4v) is 2.62. The van der Waals surface area contributed by atoms with Crippen molar-refractivity contribution >= 4 is 22.5 Å². The van der Waals surface area contributed by atoms with Gasteiger partial charge in [0.1, 0.15) is 0 Å². The molecule has 1 aliphatic heterocycles. The van der Waals surface area contributed by atoms with Crippen molar-refractivity contribution in [1.82, 2.24) is 15.2 Å². The first-order valence-corrected chi connectivity index (χ1v) is 7.08. The number of aromatic amines is 1. The molecule has 2 heterocycles. The van der Waals surface area contributed by atoms with E-state index in [9.17, 15) is 4.79 Å². The lowest BCUT2D eigenvalue weighted by molar-refractivity contribution is -0.0174. The highest BCUT2D eigenvalue weighted by Crippen LogP contribution is 2.20. The normalized spacial score (nSPS) is 19.8. The van der Waals surface area contributed by atoms with Gasteiger partial charge in [-0.15, -0.1) is 0 Å². The van der Waals surface area contributed by atoms with Crippen molar-refractivity contribution in [2.75, 3.05) is 39.0 Å². The molecule has 1 fully saturated rings. The number of ether oxygens (including phenoxy) is 1. The predicted molar refractivity (Wildman–Crippen MR) is 82.3 cm³/mol. The van der Waals surface area contributed by atoms with Crippen molar-refractivity contribution < 1.29 is 9.53 Å². The lowest BCUT2D eigenvalue weighted by Crippen LogP contribution is -2.45. The van der Waals surface area contributed by atoms with Gasteiger partial charge in [0, 0.05) is 42.4 Å². The summed E-state index contributed by atoms with van der Waals surface area (Å²) in [4.78, 5) is 17.6. The first-order valence-electron chi connectivity index (χ1n) is 7.08. The first kappa shape index (κ1) is 13.9. The number of carbonyl (C=O) groups is 1. The zero-order valence-corrected chi connectivity index (χ0v) is 12.1. The van der Waals surface area contributed by atoms with Crippen molar-refractivity contribution in [3.05, 3.63) is 30.0 Å². The summed E-state index contributed by atoms with van der Waals surface area (Å²) in [5.41, 5.74) is 7.92. The van der Waals surface area contributed by atoms with Crippen molar-refractivity contribution in [3.63, 3.8) is 0 Å². The summed E-state index contributed by atoms with van der Waals surface area (Å²) < 4.78 is 5.64. The third kappa shape index (κ3) is 3.01. The molecule has 0 aliphatic carbocycles. The second kappa shape index (κ2) is 5.75. The number of fused-ring (bicyclic) bond motifs is 1. The highest BCUT2D eigenvalue weighted by molar-refractivity contribution is 6.07. The number of amides is 1. The Balaban J connectivity index is 1.67. The van der Waals surface area contributed by atoms with E-state index in [1.165, 1.54) is 0 Å². The Morgan fingerprint density at radius 1 is 1.57 bits per heavy atom. The van der Waals surface area contributed by atoms with Crippen LogP contribution in [0.4, 0.5) is 5.69 Å². The maximum absolute atomic E-state index is 12.3. The second-order valence-corrected chi connectivity index (χ2v) is 5.47. The van der Waals surface area contributed by atoms with Gasteiger partial charge >= 0.3 is 0 Å². The zero-order chi connectivity index (χ0) is 14.8. The van der Waals surface area contributed by atoms with E-state index in [4.69, 9.17) is 10.5 Å². The van der Waals surface area contributed by atoms with Crippen LogP contribution in [0.15, 0.2) is 24.4 Å². The maximum Gasteiger partial charge on any atom is 0.253 e. The number of nitrogens with one attached hydrogen (secondary N) is 2. The second-order valence-electron chi connectivity index (χ2n) is 5.47. The fourth-order valence-electron chi connectivity index (χ4n) is 2.62. The fraction of sp³-hybridized carbons (Fsp3) is 0.400. The highest BCUT2D eigenvalue weighted by atomic mass is 16.5. The van der Waals surface area contributed by atoms with E-state index in [1.54, 1.807) is 12.3 Å². The maximum atomic E-state index is 12.3. The molecule has 1 aliphatic rings. The molecular formula is C15H20N4O2. The predicted octanol–water partition coefficient (Wildman–Crippen LogP) is 0.811. The Hall–Kier alpha value is -2.05. The molecule has 2 aromatic rings. The van der Waals surface area contributed by atoms with Crippen molar-refractivity contribution in [2.24, 2.45) is 0 Å². The SMILES string of the molecule is CN1CCOC(CNC(=O)c2c[nH]c3cc(N)ccc23)C1. The van der Waals surface area contributed by atoms with E-state index in [-0.39, 0.29) is 12.0 Å². The Morgan fingerprint density at radius 2 is 2.43 bits per heavy atom. The Kier molecular flexibility index (Phi) is 3.81. The van der Waals surface area contributed by atoms with Crippen LogP contribution in [-0.4, -0.2) is 55.2 Å². The smallest absolute Gasteiger partial charge is 0.253 e. The molecule has 6 heteroatoms. The standard InChI is InChI=1S/C15H20N4O2/c1-19-4-5-21-11(9-19)7-18-15(20)13-8-17-14-6-10(16)2-3-12(13)14/h2-3,6,8,11,17H,4-5,7,9,16H2,1H3,(H,18,20). The molecule has 1 unspecified atom stereocenters. The number of likely N-dealkylation sites (N-methyl/N-ethyl adjacent to an activating group) is 1. The van der Waals surface area contributed by atoms with Crippen LogP contribution in [0.5, 0.6) is 0 Å². The van der Waals surface area contributed by atoms with Gasteiger partial charge in [-0.1, -0.05) is 0 Å². The summed E-state index contributed by atoms with van der Waals surface area (Å²) in [6.45, 7) is 3.01. The number of morpholine rings is 1. The lowest BCUT2D eigenvalue weighted by atomic mass is 10.1. The average molecular weight is 288 g/mol. The van der Waals surface area contributed by atoms with Crippen LogP contribution in [-0.2, 0) is 4.74 Å². The van der Waals surface area contributed by atoms with Gasteiger partial charge in [-0.05, 0) is 25.2 Å². The van der Waals surface area contributed by atoms with Crippen LogP contribution in [0.3, 0.4) is 0 Å². The van der Waals surface area contributed by atoms with Crippen LogP contribution < -0.4 is 11.1 Å². The molecule has 4 N–H and O–H groups in total. The summed E-state index contributed by atoms with van der Waals surface area (Å²) >= 11 is 0. The number of nitrogens with two attached hydrogens (primary N) is 1. The molecule has 1 saturated heterocycles. The number of rotatable bonds is 3. The van der Waals surface area contributed by atoms with E-state index in [0.717, 1.165) is 24.0 Å². The topological polar surface area (TPSA) is 83.4 Å². The van der Waals surface area contributed by atoms with Crippen molar-refractivity contribution in [2.45, 2.75) is 6.10 Å². The van der Waals surface area contributed by atoms with Crippen LogP contribution in [0.1, 0.15) is 10.4 Å².